The van der Waals surface area contributed by atoms with Crippen LogP contribution in [-0.4, -0.2) is 55.3 Å². The van der Waals surface area contributed by atoms with Crippen molar-refractivity contribution in [3.63, 3.8) is 0 Å². The Labute approximate surface area is 126 Å². The van der Waals surface area contributed by atoms with Gasteiger partial charge < -0.3 is 10.2 Å². The van der Waals surface area contributed by atoms with E-state index < -0.39 is 15.4 Å². The van der Waals surface area contributed by atoms with Crippen LogP contribution in [0.1, 0.15) is 45.4 Å². The average molecular weight is 316 g/mol. The standard InChI is InChI=1S/C14H24N2O4S/c1-11-10-12(17)15-14(6-3-4-7-14)13(18)16(11)8-5-9-21(2,19)20/h11H,3-10H2,1-2H3,(H,15,17). The Morgan fingerprint density at radius 1 is 1.29 bits per heavy atom. The van der Waals surface area contributed by atoms with Gasteiger partial charge in [-0.2, -0.15) is 0 Å². The maximum absolute atomic E-state index is 12.8. The van der Waals surface area contributed by atoms with Crippen LogP contribution in [-0.2, 0) is 19.4 Å². The molecule has 0 radical (unpaired) electrons. The number of amides is 2. The highest BCUT2D eigenvalue weighted by Crippen LogP contribution is 2.34. The van der Waals surface area contributed by atoms with Crippen LogP contribution in [0.5, 0.6) is 0 Å². The summed E-state index contributed by atoms with van der Waals surface area (Å²) in [6.45, 7) is 2.25. The molecule has 1 heterocycles. The molecule has 1 spiro atoms. The Balaban J connectivity index is 2.13. The average Bonchev–Trinajstić information content (AvgIpc) is 2.78. The number of nitrogens with zero attached hydrogens (tertiary/aromatic N) is 1. The van der Waals surface area contributed by atoms with E-state index in [0.717, 1.165) is 12.8 Å². The number of sulfone groups is 1. The van der Waals surface area contributed by atoms with Crippen molar-refractivity contribution in [1.82, 2.24) is 10.2 Å². The molecule has 0 aromatic heterocycles. The molecule has 120 valence electrons. The van der Waals surface area contributed by atoms with Crippen LogP contribution >= 0.6 is 0 Å². The normalized spacial score (nSPS) is 26.0. The molecule has 1 saturated carbocycles. The van der Waals surface area contributed by atoms with E-state index in [4.69, 9.17) is 0 Å². The van der Waals surface area contributed by atoms with Crippen LogP contribution in [0, 0.1) is 0 Å². The van der Waals surface area contributed by atoms with Crippen molar-refractivity contribution in [1.29, 1.82) is 0 Å². The Bertz CT molecular complexity index is 523. The number of rotatable bonds is 4. The van der Waals surface area contributed by atoms with Gasteiger partial charge in [-0.05, 0) is 26.2 Å². The highest BCUT2D eigenvalue weighted by Gasteiger charge is 2.47. The van der Waals surface area contributed by atoms with E-state index in [1.807, 2.05) is 6.92 Å². The topological polar surface area (TPSA) is 83.6 Å². The second kappa shape index (κ2) is 5.94. The smallest absolute Gasteiger partial charge is 0.248 e. The fourth-order valence-electron chi connectivity index (χ4n) is 3.36. The van der Waals surface area contributed by atoms with Crippen molar-refractivity contribution in [3.05, 3.63) is 0 Å². The molecule has 0 aromatic carbocycles. The first-order valence-electron chi connectivity index (χ1n) is 7.53. The number of carbonyl (C=O) groups is 2. The van der Waals surface area contributed by atoms with E-state index >= 15 is 0 Å². The zero-order valence-corrected chi connectivity index (χ0v) is 13.5. The molecule has 1 aliphatic carbocycles. The number of nitrogens with one attached hydrogen (secondary N) is 1. The molecule has 0 aromatic rings. The van der Waals surface area contributed by atoms with Crippen LogP contribution in [0.2, 0.25) is 0 Å². The van der Waals surface area contributed by atoms with Crippen LogP contribution in [0.3, 0.4) is 0 Å². The van der Waals surface area contributed by atoms with Crippen LogP contribution in [0.4, 0.5) is 0 Å². The third-order valence-corrected chi connectivity index (χ3v) is 5.46. The highest BCUT2D eigenvalue weighted by atomic mass is 32.2. The fraction of sp³-hybridized carbons (Fsp3) is 0.857. The van der Waals surface area contributed by atoms with Crippen molar-refractivity contribution in [3.8, 4) is 0 Å². The van der Waals surface area contributed by atoms with Crippen LogP contribution in [0.15, 0.2) is 0 Å². The molecule has 1 atom stereocenters. The first kappa shape index (κ1) is 16.3. The summed E-state index contributed by atoms with van der Waals surface area (Å²) in [7, 11) is -3.03. The van der Waals surface area contributed by atoms with Gasteiger partial charge in [0, 0.05) is 25.3 Å². The molecule has 7 heteroatoms. The second-order valence-corrected chi connectivity index (χ2v) is 8.63. The van der Waals surface area contributed by atoms with Gasteiger partial charge in [0.25, 0.3) is 0 Å². The van der Waals surface area contributed by atoms with Crippen molar-refractivity contribution in [2.24, 2.45) is 0 Å². The van der Waals surface area contributed by atoms with Crippen molar-refractivity contribution in [2.75, 3.05) is 18.6 Å². The summed E-state index contributed by atoms with van der Waals surface area (Å²) in [6, 6.07) is -0.183. The zero-order valence-electron chi connectivity index (χ0n) is 12.7. The molecular formula is C14H24N2O4S. The van der Waals surface area contributed by atoms with E-state index in [0.29, 0.717) is 25.8 Å². The molecule has 1 N–H and O–H groups in total. The Hall–Kier alpha value is -1.11. The minimum Gasteiger partial charge on any atom is -0.342 e. The largest absolute Gasteiger partial charge is 0.342 e. The van der Waals surface area contributed by atoms with Gasteiger partial charge in [-0.15, -0.1) is 0 Å². The van der Waals surface area contributed by atoms with E-state index in [2.05, 4.69) is 5.32 Å². The number of hydrogen-bond acceptors (Lipinski definition) is 4. The molecule has 6 nitrogen and oxygen atoms in total. The first-order valence-corrected chi connectivity index (χ1v) is 9.59. The zero-order chi connectivity index (χ0) is 15.7. The van der Waals surface area contributed by atoms with Crippen molar-refractivity contribution < 1.29 is 18.0 Å². The lowest BCUT2D eigenvalue weighted by Crippen LogP contribution is -2.56. The van der Waals surface area contributed by atoms with Gasteiger partial charge in [-0.3, -0.25) is 9.59 Å². The lowest BCUT2D eigenvalue weighted by Gasteiger charge is -2.34. The van der Waals surface area contributed by atoms with E-state index in [9.17, 15) is 18.0 Å². The molecule has 0 bridgehead atoms. The van der Waals surface area contributed by atoms with E-state index in [1.54, 1.807) is 4.90 Å². The predicted octanol–water partition coefficient (Wildman–Crippen LogP) is 0.471. The quantitative estimate of drug-likeness (QED) is 0.817. The molecular weight excluding hydrogens is 292 g/mol. The maximum Gasteiger partial charge on any atom is 0.248 e. The third kappa shape index (κ3) is 3.75. The van der Waals surface area contributed by atoms with Gasteiger partial charge in [0.1, 0.15) is 15.4 Å². The SMILES string of the molecule is CC1CC(=O)NC2(CCCC2)C(=O)N1CCCS(C)(=O)=O. The monoisotopic (exact) mass is 316 g/mol. The molecule has 2 rings (SSSR count). The van der Waals surface area contributed by atoms with Crippen molar-refractivity contribution in [2.45, 2.75) is 57.0 Å². The summed E-state index contributed by atoms with van der Waals surface area (Å²) in [4.78, 5) is 26.5. The second-order valence-electron chi connectivity index (χ2n) is 6.37. The molecule has 2 aliphatic rings. The van der Waals surface area contributed by atoms with Gasteiger partial charge in [0.15, 0.2) is 0 Å². The summed E-state index contributed by atoms with van der Waals surface area (Å²) in [5.41, 5.74) is -0.743. The summed E-state index contributed by atoms with van der Waals surface area (Å²) in [5.74, 6) is -0.0482. The van der Waals surface area contributed by atoms with E-state index in [-0.39, 0.29) is 30.0 Å². The van der Waals surface area contributed by atoms with Gasteiger partial charge in [-0.1, -0.05) is 12.8 Å². The lowest BCUT2D eigenvalue weighted by molar-refractivity contribution is -0.139. The van der Waals surface area contributed by atoms with Crippen LogP contribution < -0.4 is 5.32 Å². The Kier molecular flexibility index (Phi) is 4.60. The van der Waals surface area contributed by atoms with Crippen molar-refractivity contribution >= 4 is 21.7 Å². The summed E-state index contributed by atoms with van der Waals surface area (Å²) in [5, 5.41) is 2.92. The molecule has 1 saturated heterocycles. The predicted molar refractivity (Wildman–Crippen MR) is 79.5 cm³/mol. The third-order valence-electron chi connectivity index (χ3n) is 4.43. The minimum atomic E-state index is -3.03. The van der Waals surface area contributed by atoms with Gasteiger partial charge >= 0.3 is 0 Å². The first-order chi connectivity index (χ1) is 9.73. The van der Waals surface area contributed by atoms with E-state index in [1.165, 1.54) is 6.26 Å². The molecule has 1 aliphatic heterocycles. The maximum atomic E-state index is 12.8. The Morgan fingerprint density at radius 3 is 2.48 bits per heavy atom. The minimum absolute atomic E-state index is 0.0353. The highest BCUT2D eigenvalue weighted by molar-refractivity contribution is 7.90. The summed E-state index contributed by atoms with van der Waals surface area (Å²) >= 11 is 0. The summed E-state index contributed by atoms with van der Waals surface area (Å²) < 4.78 is 22.5. The fourth-order valence-corrected chi connectivity index (χ4v) is 4.01. The molecule has 2 amide bonds. The summed E-state index contributed by atoms with van der Waals surface area (Å²) in [6.07, 6.45) is 5.16. The van der Waals surface area contributed by atoms with Gasteiger partial charge in [0.2, 0.25) is 11.8 Å². The van der Waals surface area contributed by atoms with Gasteiger partial charge in [-0.25, -0.2) is 8.42 Å². The van der Waals surface area contributed by atoms with Crippen LogP contribution in [0.25, 0.3) is 0 Å². The molecule has 1 unspecified atom stereocenters. The number of hydrogen-bond donors (Lipinski definition) is 1. The lowest BCUT2D eigenvalue weighted by atomic mass is 9.95. The Morgan fingerprint density at radius 2 is 1.90 bits per heavy atom. The van der Waals surface area contributed by atoms with Gasteiger partial charge in [0.05, 0.1) is 5.75 Å². The molecule has 2 fully saturated rings. The molecule has 21 heavy (non-hydrogen) atoms. The number of carbonyl (C=O) groups excluding carboxylic acids is 2.